The van der Waals surface area contributed by atoms with Gasteiger partial charge in [0, 0.05) is 18.0 Å². The van der Waals surface area contributed by atoms with Gasteiger partial charge in [0.1, 0.15) is 5.75 Å². The van der Waals surface area contributed by atoms with Crippen LogP contribution >= 0.6 is 0 Å². The minimum absolute atomic E-state index is 0.0889. The van der Waals surface area contributed by atoms with Crippen molar-refractivity contribution in [3.63, 3.8) is 0 Å². The number of fused-ring (bicyclic) bond motifs is 2. The highest BCUT2D eigenvalue weighted by Gasteiger charge is 2.49. The van der Waals surface area contributed by atoms with E-state index in [9.17, 15) is 4.79 Å². The Morgan fingerprint density at radius 3 is 2.48 bits per heavy atom. The number of carbonyl (C=O) groups is 1. The lowest BCUT2D eigenvalue weighted by Crippen LogP contribution is -2.49. The van der Waals surface area contributed by atoms with Crippen molar-refractivity contribution in [1.29, 1.82) is 0 Å². The maximum absolute atomic E-state index is 13.1. The first-order valence-electron chi connectivity index (χ1n) is 9.19. The topological polar surface area (TPSA) is 29.5 Å². The number of aryl methyl sites for hydroxylation is 1. The molecule has 2 unspecified atom stereocenters. The van der Waals surface area contributed by atoms with Crippen LogP contribution in [0.25, 0.3) is 0 Å². The molecule has 2 aliphatic heterocycles. The molecule has 2 heterocycles. The van der Waals surface area contributed by atoms with Crippen LogP contribution in [0.2, 0.25) is 0 Å². The number of nitrogens with zero attached hydrogens (tertiary/aromatic N) is 1. The van der Waals surface area contributed by atoms with Crippen LogP contribution in [0.15, 0.2) is 54.6 Å². The van der Waals surface area contributed by atoms with Gasteiger partial charge in [-0.05, 0) is 50.9 Å². The van der Waals surface area contributed by atoms with Gasteiger partial charge in [-0.1, -0.05) is 48.0 Å². The average Bonchev–Trinajstić information content (AvgIpc) is 2.86. The number of piperidine rings is 1. The fraction of sp³-hybridized carbons (Fsp3) is 0.409. The molecule has 4 rings (SSSR count). The second kappa shape index (κ2) is 6.64. The third-order valence-electron chi connectivity index (χ3n) is 6.01. The van der Waals surface area contributed by atoms with E-state index < -0.39 is 0 Å². The molecule has 4 atom stereocenters. The molecule has 2 aliphatic rings. The van der Waals surface area contributed by atoms with Crippen LogP contribution in [0.4, 0.5) is 0 Å². The number of hydrogen-bond acceptors (Lipinski definition) is 3. The Morgan fingerprint density at radius 2 is 1.76 bits per heavy atom. The lowest BCUT2D eigenvalue weighted by molar-refractivity contribution is -0.143. The first kappa shape index (κ1) is 16.3. The maximum atomic E-state index is 13.1. The smallest absolute Gasteiger partial charge is 0.316 e. The number of para-hydroxylation sites is 1. The average molecular weight is 335 g/mol. The van der Waals surface area contributed by atoms with Crippen molar-refractivity contribution in [3.8, 4) is 5.75 Å². The number of esters is 1. The second-order valence-electron chi connectivity index (χ2n) is 7.48. The molecule has 0 amide bonds. The van der Waals surface area contributed by atoms with Crippen molar-refractivity contribution < 1.29 is 9.53 Å². The molecule has 3 nitrogen and oxygen atoms in total. The Morgan fingerprint density at radius 1 is 1.04 bits per heavy atom. The normalized spacial score (nSPS) is 28.7. The van der Waals surface area contributed by atoms with Crippen LogP contribution in [0.5, 0.6) is 5.75 Å². The Kier molecular flexibility index (Phi) is 4.34. The van der Waals surface area contributed by atoms with E-state index in [2.05, 4.69) is 43.1 Å². The molecule has 0 aromatic heterocycles. The van der Waals surface area contributed by atoms with E-state index in [-0.39, 0.29) is 23.8 Å². The van der Waals surface area contributed by atoms with E-state index in [4.69, 9.17) is 4.74 Å². The van der Waals surface area contributed by atoms with Crippen LogP contribution < -0.4 is 4.74 Å². The quantitative estimate of drug-likeness (QED) is 0.623. The Bertz CT molecular complexity index is 740. The molecule has 130 valence electrons. The predicted molar refractivity (Wildman–Crippen MR) is 98.7 cm³/mol. The highest BCUT2D eigenvalue weighted by atomic mass is 16.5. The van der Waals surface area contributed by atoms with Crippen LogP contribution in [-0.2, 0) is 4.79 Å². The van der Waals surface area contributed by atoms with E-state index in [0.29, 0.717) is 11.8 Å². The molecule has 2 fully saturated rings. The lowest BCUT2D eigenvalue weighted by atomic mass is 9.76. The van der Waals surface area contributed by atoms with Crippen molar-refractivity contribution >= 4 is 5.97 Å². The minimum atomic E-state index is -0.105. The van der Waals surface area contributed by atoms with E-state index in [1.165, 1.54) is 17.5 Å². The number of carbonyl (C=O) groups excluding carboxylic acids is 1. The SMILES string of the molecule is Cc1ccc([C@H]2C[C@@H]3CCC(C2C(=O)Oc2ccccc2)N3C)cc1. The highest BCUT2D eigenvalue weighted by molar-refractivity contribution is 5.77. The zero-order chi connectivity index (χ0) is 17.4. The Hall–Kier alpha value is -2.13. The van der Waals surface area contributed by atoms with Gasteiger partial charge < -0.3 is 4.74 Å². The molecule has 2 saturated heterocycles. The largest absolute Gasteiger partial charge is 0.426 e. The summed E-state index contributed by atoms with van der Waals surface area (Å²) < 4.78 is 5.76. The van der Waals surface area contributed by atoms with Crippen LogP contribution in [0.1, 0.15) is 36.3 Å². The van der Waals surface area contributed by atoms with Gasteiger partial charge in [-0.2, -0.15) is 0 Å². The molecule has 3 heteroatoms. The standard InChI is InChI=1S/C22H25NO2/c1-15-8-10-16(11-9-15)19-14-17-12-13-20(23(17)2)21(19)22(24)25-18-6-4-3-5-7-18/h3-11,17,19-21H,12-14H2,1-2H3/t17-,19+,20?,21?/m0/s1. The van der Waals surface area contributed by atoms with Gasteiger partial charge in [-0.15, -0.1) is 0 Å². The van der Waals surface area contributed by atoms with Gasteiger partial charge in [0.2, 0.25) is 0 Å². The summed E-state index contributed by atoms with van der Waals surface area (Å²) in [5, 5.41) is 0. The molecule has 0 saturated carbocycles. The summed E-state index contributed by atoms with van der Waals surface area (Å²) in [6.45, 7) is 2.10. The zero-order valence-corrected chi connectivity index (χ0v) is 14.9. The van der Waals surface area contributed by atoms with E-state index >= 15 is 0 Å². The van der Waals surface area contributed by atoms with E-state index in [1.807, 2.05) is 30.3 Å². The molecule has 2 bridgehead atoms. The van der Waals surface area contributed by atoms with Crippen LogP contribution in [0.3, 0.4) is 0 Å². The fourth-order valence-corrected chi connectivity index (χ4v) is 4.62. The first-order valence-corrected chi connectivity index (χ1v) is 9.19. The molecular formula is C22H25NO2. The number of ether oxygens (including phenoxy) is 1. The maximum Gasteiger partial charge on any atom is 0.316 e. The molecular weight excluding hydrogens is 310 g/mol. The fourth-order valence-electron chi connectivity index (χ4n) is 4.62. The molecule has 25 heavy (non-hydrogen) atoms. The summed E-state index contributed by atoms with van der Waals surface area (Å²) >= 11 is 0. The van der Waals surface area contributed by atoms with Crippen molar-refractivity contribution in [2.45, 2.75) is 44.2 Å². The number of benzene rings is 2. The van der Waals surface area contributed by atoms with Gasteiger partial charge in [0.05, 0.1) is 5.92 Å². The zero-order valence-electron chi connectivity index (χ0n) is 14.9. The van der Waals surface area contributed by atoms with Gasteiger partial charge in [0.25, 0.3) is 0 Å². The summed E-state index contributed by atoms with van der Waals surface area (Å²) in [7, 11) is 2.16. The summed E-state index contributed by atoms with van der Waals surface area (Å²) in [5.41, 5.74) is 2.52. The van der Waals surface area contributed by atoms with Crippen molar-refractivity contribution in [2.24, 2.45) is 5.92 Å². The molecule has 2 aromatic rings. The van der Waals surface area contributed by atoms with Gasteiger partial charge in [-0.25, -0.2) is 0 Å². The van der Waals surface area contributed by atoms with Gasteiger partial charge in [-0.3, -0.25) is 9.69 Å². The lowest BCUT2D eigenvalue weighted by Gasteiger charge is -2.41. The summed E-state index contributed by atoms with van der Waals surface area (Å²) in [5.74, 6) is 0.684. The molecule has 0 N–H and O–H groups in total. The Balaban J connectivity index is 1.64. The van der Waals surface area contributed by atoms with E-state index in [1.54, 1.807) is 0 Å². The van der Waals surface area contributed by atoms with E-state index in [0.717, 1.165) is 12.8 Å². The van der Waals surface area contributed by atoms with Crippen LogP contribution in [0, 0.1) is 12.8 Å². The van der Waals surface area contributed by atoms with Crippen LogP contribution in [-0.4, -0.2) is 30.0 Å². The van der Waals surface area contributed by atoms with Crippen molar-refractivity contribution in [3.05, 3.63) is 65.7 Å². The first-order chi connectivity index (χ1) is 12.1. The molecule has 0 spiro atoms. The van der Waals surface area contributed by atoms with Crippen molar-refractivity contribution in [1.82, 2.24) is 4.90 Å². The highest BCUT2D eigenvalue weighted by Crippen LogP contribution is 2.46. The van der Waals surface area contributed by atoms with Crippen molar-refractivity contribution in [2.75, 3.05) is 7.05 Å². The molecule has 2 aromatic carbocycles. The summed E-state index contributed by atoms with van der Waals surface area (Å²) in [6, 6.07) is 19.0. The van der Waals surface area contributed by atoms with Gasteiger partial charge in [0.15, 0.2) is 0 Å². The third kappa shape index (κ3) is 3.09. The monoisotopic (exact) mass is 335 g/mol. The molecule has 0 aliphatic carbocycles. The Labute approximate surface area is 149 Å². The summed E-state index contributed by atoms with van der Waals surface area (Å²) in [4.78, 5) is 15.5. The number of hydrogen-bond donors (Lipinski definition) is 0. The minimum Gasteiger partial charge on any atom is -0.426 e. The second-order valence-corrected chi connectivity index (χ2v) is 7.48. The predicted octanol–water partition coefficient (Wildman–Crippen LogP) is 4.17. The number of rotatable bonds is 3. The van der Waals surface area contributed by atoms with Gasteiger partial charge >= 0.3 is 5.97 Å². The summed E-state index contributed by atoms with van der Waals surface area (Å²) in [6.07, 6.45) is 3.29. The molecule has 0 radical (unpaired) electrons. The third-order valence-corrected chi connectivity index (χ3v) is 6.01.